The summed E-state index contributed by atoms with van der Waals surface area (Å²) in [5, 5.41) is 9.54. The third-order valence-corrected chi connectivity index (χ3v) is 2.92. The van der Waals surface area contributed by atoms with Crippen molar-refractivity contribution in [1.82, 2.24) is 0 Å². The van der Waals surface area contributed by atoms with E-state index in [1.54, 1.807) is 0 Å². The summed E-state index contributed by atoms with van der Waals surface area (Å²) in [4.78, 5) is 22.6. The normalized spacial score (nSPS) is 13.2. The number of benzene rings is 1. The van der Waals surface area contributed by atoms with Crippen LogP contribution < -0.4 is 5.73 Å². The Balaban J connectivity index is 2.11. The molecule has 0 saturated heterocycles. The van der Waals surface area contributed by atoms with E-state index in [4.69, 9.17) is 15.2 Å². The number of aryl methyl sites for hydroxylation is 1. The van der Waals surface area contributed by atoms with E-state index in [0.29, 0.717) is 6.42 Å². The van der Waals surface area contributed by atoms with Crippen LogP contribution in [0.15, 0.2) is 30.3 Å². The SMILES string of the molecule is CC(N)C(=O)OCC(O)COC(=O)CCCc1ccccc1. The number of nitrogens with two attached hydrogens (primary N) is 1. The number of rotatable bonds is 9. The summed E-state index contributed by atoms with van der Waals surface area (Å²) in [6.45, 7) is 1.05. The molecule has 122 valence electrons. The molecule has 0 radical (unpaired) electrons. The highest BCUT2D eigenvalue weighted by atomic mass is 16.6. The lowest BCUT2D eigenvalue weighted by Gasteiger charge is -2.13. The van der Waals surface area contributed by atoms with Crippen LogP contribution >= 0.6 is 0 Å². The summed E-state index contributed by atoms with van der Waals surface area (Å²) >= 11 is 0. The molecule has 1 aromatic carbocycles. The minimum Gasteiger partial charge on any atom is -0.463 e. The highest BCUT2D eigenvalue weighted by Gasteiger charge is 2.14. The van der Waals surface area contributed by atoms with E-state index in [0.717, 1.165) is 12.0 Å². The van der Waals surface area contributed by atoms with Gasteiger partial charge in [-0.25, -0.2) is 0 Å². The molecule has 0 spiro atoms. The molecule has 0 bridgehead atoms. The van der Waals surface area contributed by atoms with E-state index in [1.165, 1.54) is 6.92 Å². The smallest absolute Gasteiger partial charge is 0.322 e. The lowest BCUT2D eigenvalue weighted by molar-refractivity contribution is -0.153. The number of ether oxygens (including phenoxy) is 2. The Kier molecular flexibility index (Phi) is 8.17. The zero-order valence-electron chi connectivity index (χ0n) is 12.7. The van der Waals surface area contributed by atoms with Crippen LogP contribution in [-0.4, -0.2) is 42.4 Å². The Labute approximate surface area is 130 Å². The van der Waals surface area contributed by atoms with Gasteiger partial charge in [0.05, 0.1) is 0 Å². The highest BCUT2D eigenvalue weighted by Crippen LogP contribution is 2.05. The highest BCUT2D eigenvalue weighted by molar-refractivity contribution is 5.74. The van der Waals surface area contributed by atoms with Crippen LogP contribution in [-0.2, 0) is 25.5 Å². The molecule has 22 heavy (non-hydrogen) atoms. The van der Waals surface area contributed by atoms with Crippen LogP contribution in [0.4, 0.5) is 0 Å². The predicted octanol–water partition coefficient (Wildman–Crippen LogP) is 0.804. The molecule has 0 aliphatic carbocycles. The molecule has 1 rings (SSSR count). The summed E-state index contributed by atoms with van der Waals surface area (Å²) in [5.41, 5.74) is 6.47. The summed E-state index contributed by atoms with van der Waals surface area (Å²) < 4.78 is 9.65. The molecule has 0 aliphatic heterocycles. The molecule has 2 unspecified atom stereocenters. The summed E-state index contributed by atoms with van der Waals surface area (Å²) in [5.74, 6) is -0.985. The van der Waals surface area contributed by atoms with Crippen molar-refractivity contribution in [3.63, 3.8) is 0 Å². The molecular weight excluding hydrogens is 286 g/mol. The maximum absolute atomic E-state index is 11.5. The first-order valence-corrected chi connectivity index (χ1v) is 7.29. The summed E-state index contributed by atoms with van der Waals surface area (Å²) in [7, 11) is 0. The van der Waals surface area contributed by atoms with Crippen molar-refractivity contribution in [2.75, 3.05) is 13.2 Å². The first-order valence-electron chi connectivity index (χ1n) is 7.29. The fourth-order valence-corrected chi connectivity index (χ4v) is 1.70. The second kappa shape index (κ2) is 9.92. The topological polar surface area (TPSA) is 98.9 Å². The van der Waals surface area contributed by atoms with Crippen LogP contribution in [0.3, 0.4) is 0 Å². The van der Waals surface area contributed by atoms with Gasteiger partial charge in [0.2, 0.25) is 0 Å². The van der Waals surface area contributed by atoms with Gasteiger partial charge in [-0.05, 0) is 25.3 Å². The molecule has 1 aromatic rings. The predicted molar refractivity (Wildman–Crippen MR) is 81.0 cm³/mol. The van der Waals surface area contributed by atoms with Gasteiger partial charge < -0.3 is 20.3 Å². The number of hydrogen-bond acceptors (Lipinski definition) is 6. The van der Waals surface area contributed by atoms with Gasteiger partial charge in [-0.3, -0.25) is 9.59 Å². The van der Waals surface area contributed by atoms with Crippen LogP contribution in [0.25, 0.3) is 0 Å². The maximum atomic E-state index is 11.5. The number of hydrogen-bond donors (Lipinski definition) is 2. The fraction of sp³-hybridized carbons (Fsp3) is 0.500. The zero-order valence-corrected chi connectivity index (χ0v) is 12.7. The molecule has 0 aliphatic rings. The molecule has 0 aromatic heterocycles. The minimum absolute atomic E-state index is 0.198. The Bertz CT molecular complexity index is 461. The van der Waals surface area contributed by atoms with Gasteiger partial charge in [-0.1, -0.05) is 30.3 Å². The number of carbonyl (C=O) groups excluding carboxylic acids is 2. The number of esters is 2. The van der Waals surface area contributed by atoms with Gasteiger partial charge in [0.15, 0.2) is 0 Å². The Hall–Kier alpha value is -1.92. The van der Waals surface area contributed by atoms with E-state index in [2.05, 4.69) is 0 Å². The van der Waals surface area contributed by atoms with E-state index in [9.17, 15) is 14.7 Å². The summed E-state index contributed by atoms with van der Waals surface area (Å²) in [6, 6.07) is 9.11. The van der Waals surface area contributed by atoms with E-state index in [-0.39, 0.29) is 25.6 Å². The van der Waals surface area contributed by atoms with Crippen LogP contribution in [0.2, 0.25) is 0 Å². The van der Waals surface area contributed by atoms with Crippen molar-refractivity contribution in [3.05, 3.63) is 35.9 Å². The average molecular weight is 309 g/mol. The quantitative estimate of drug-likeness (QED) is 0.655. The van der Waals surface area contributed by atoms with Crippen molar-refractivity contribution < 1.29 is 24.2 Å². The Morgan fingerprint density at radius 1 is 1.18 bits per heavy atom. The lowest BCUT2D eigenvalue weighted by atomic mass is 10.1. The van der Waals surface area contributed by atoms with Gasteiger partial charge in [0.25, 0.3) is 0 Å². The van der Waals surface area contributed by atoms with Gasteiger partial charge in [0, 0.05) is 6.42 Å². The second-order valence-corrected chi connectivity index (χ2v) is 5.09. The molecule has 0 heterocycles. The monoisotopic (exact) mass is 309 g/mol. The molecule has 0 saturated carbocycles. The van der Waals surface area contributed by atoms with Crippen LogP contribution in [0.5, 0.6) is 0 Å². The van der Waals surface area contributed by atoms with Gasteiger partial charge in [-0.15, -0.1) is 0 Å². The first kappa shape index (κ1) is 18.1. The average Bonchev–Trinajstić information content (AvgIpc) is 2.51. The van der Waals surface area contributed by atoms with E-state index < -0.39 is 18.1 Å². The number of carbonyl (C=O) groups is 2. The molecule has 6 nitrogen and oxygen atoms in total. The molecule has 0 fully saturated rings. The maximum Gasteiger partial charge on any atom is 0.322 e. The fourth-order valence-electron chi connectivity index (χ4n) is 1.70. The van der Waals surface area contributed by atoms with Gasteiger partial charge >= 0.3 is 11.9 Å². The van der Waals surface area contributed by atoms with E-state index in [1.807, 2.05) is 30.3 Å². The zero-order chi connectivity index (χ0) is 16.4. The Morgan fingerprint density at radius 2 is 1.82 bits per heavy atom. The minimum atomic E-state index is -1.04. The van der Waals surface area contributed by atoms with Crippen LogP contribution in [0.1, 0.15) is 25.3 Å². The number of aliphatic hydroxyl groups excluding tert-OH is 1. The standard InChI is InChI=1S/C16H23NO5/c1-12(17)16(20)22-11-14(18)10-21-15(19)9-5-8-13-6-3-2-4-7-13/h2-4,6-7,12,14,18H,5,8-11,17H2,1H3. The third kappa shape index (κ3) is 7.75. The van der Waals surface area contributed by atoms with Crippen molar-refractivity contribution in [3.8, 4) is 0 Å². The van der Waals surface area contributed by atoms with Crippen LogP contribution in [0, 0.1) is 0 Å². The first-order chi connectivity index (χ1) is 10.5. The number of aliphatic hydroxyl groups is 1. The molecule has 3 N–H and O–H groups in total. The van der Waals surface area contributed by atoms with Gasteiger partial charge in [0.1, 0.15) is 25.4 Å². The second-order valence-electron chi connectivity index (χ2n) is 5.09. The van der Waals surface area contributed by atoms with E-state index >= 15 is 0 Å². The lowest BCUT2D eigenvalue weighted by Crippen LogP contribution is -2.32. The third-order valence-electron chi connectivity index (χ3n) is 2.92. The molecule has 2 atom stereocenters. The molecule has 6 heteroatoms. The largest absolute Gasteiger partial charge is 0.463 e. The van der Waals surface area contributed by atoms with Crippen molar-refractivity contribution in [2.45, 2.75) is 38.3 Å². The summed E-state index contributed by atoms with van der Waals surface area (Å²) in [6.07, 6.45) is 0.713. The Morgan fingerprint density at radius 3 is 2.45 bits per heavy atom. The van der Waals surface area contributed by atoms with Crippen molar-refractivity contribution in [2.24, 2.45) is 5.73 Å². The molecule has 0 amide bonds. The van der Waals surface area contributed by atoms with Gasteiger partial charge in [-0.2, -0.15) is 0 Å². The van der Waals surface area contributed by atoms with Crippen molar-refractivity contribution in [1.29, 1.82) is 0 Å². The molecular formula is C16H23NO5. The van der Waals surface area contributed by atoms with Crippen molar-refractivity contribution >= 4 is 11.9 Å².